The Labute approximate surface area is 406 Å². The topological polar surface area (TPSA) is 228 Å². The van der Waals surface area contributed by atoms with Crippen LogP contribution in [0.1, 0.15) is 78.1 Å². The number of rotatable bonds is 14. The number of pyridine rings is 4. The highest BCUT2D eigenvalue weighted by molar-refractivity contribution is 6.38. The van der Waals surface area contributed by atoms with Crippen LogP contribution in [0.3, 0.4) is 0 Å². The summed E-state index contributed by atoms with van der Waals surface area (Å²) in [5, 5.41) is 15.0. The first-order valence-corrected chi connectivity index (χ1v) is 23.0. The third-order valence-corrected chi connectivity index (χ3v) is 13.3. The lowest BCUT2D eigenvalue weighted by molar-refractivity contribution is -0.125. The van der Waals surface area contributed by atoms with Gasteiger partial charge in [0.1, 0.15) is 29.6 Å². The molecule has 7 aromatic heterocycles. The molecule has 0 bridgehead atoms. The number of nitrogens with zero attached hydrogens (tertiary/aromatic N) is 9. The summed E-state index contributed by atoms with van der Waals surface area (Å²) in [5.41, 5.74) is 8.46. The molecule has 10 rings (SSSR count). The number of aromatic nitrogens is 8. The highest BCUT2D eigenvalue weighted by Crippen LogP contribution is 2.49. The molecular weight excluding hydrogens is 905 g/mol. The summed E-state index contributed by atoms with van der Waals surface area (Å²) in [7, 11) is 2.85. The lowest BCUT2D eigenvalue weighted by atomic mass is 9.95. The standard InChI is InChI=1S/C51H48BN11O8/c1-25-46(29(5)70-59-25)34-17-39-32(19-42(34)68-7)48-36(22-55-39)31(50(66)62(48)27(3)37-13-9-11-15-53-37)21-44(64)57-52-58-45(65)24-61-41-23-56-40-18-35(47-26(2)60-71-30(47)6)43(69-8)20-33(40)49(41)63(51(61)67)28(4)38-14-10-12-16-54-38/h9-20,22-23,27-28,31,52H,21,24H2,1-8H3,(H,57,64)(H,58,65). The van der Waals surface area contributed by atoms with Gasteiger partial charge < -0.3 is 33.9 Å². The monoisotopic (exact) mass is 953 g/mol. The minimum absolute atomic E-state index is 0.243. The van der Waals surface area contributed by atoms with E-state index in [-0.39, 0.29) is 19.9 Å². The number of imidazole rings is 1. The van der Waals surface area contributed by atoms with Gasteiger partial charge in [-0.2, -0.15) is 0 Å². The number of aryl methyl sites for hydroxylation is 4. The number of amides is 3. The SMILES string of the molecule is COc1cc2c3c(cnc2cc1-c1c(C)noc1C)C(CC(=O)NBNC(=O)Cn1c(=O)n(C(C)c2ccccn2)c2c4cc(OC)c(-c5c(C)noc5C)cc4ncc21)C(=O)N3C(C)c1ccccn1. The molecule has 0 fully saturated rings. The van der Waals surface area contributed by atoms with Crippen molar-refractivity contribution in [3.63, 3.8) is 0 Å². The smallest absolute Gasteiger partial charge is 0.355 e. The number of anilines is 1. The number of hydrogen-bond acceptors (Lipinski definition) is 14. The highest BCUT2D eigenvalue weighted by Gasteiger charge is 2.43. The Balaban J connectivity index is 0.924. The lowest BCUT2D eigenvalue weighted by Crippen LogP contribution is -2.44. The van der Waals surface area contributed by atoms with E-state index in [1.807, 2.05) is 90.1 Å². The van der Waals surface area contributed by atoms with Crippen LogP contribution in [0.25, 0.3) is 55.1 Å². The first-order chi connectivity index (χ1) is 34.3. The van der Waals surface area contributed by atoms with Crippen LogP contribution in [-0.4, -0.2) is 78.9 Å². The highest BCUT2D eigenvalue weighted by atomic mass is 16.5. The van der Waals surface area contributed by atoms with Gasteiger partial charge in [0.2, 0.25) is 17.7 Å². The molecule has 1 aliphatic rings. The number of methoxy groups -OCH3 is 2. The zero-order chi connectivity index (χ0) is 49.8. The summed E-state index contributed by atoms with van der Waals surface area (Å²) in [5.74, 6) is 0.00120. The summed E-state index contributed by atoms with van der Waals surface area (Å²) in [6.07, 6.45) is 6.29. The Morgan fingerprint density at radius 3 is 1.86 bits per heavy atom. The summed E-state index contributed by atoms with van der Waals surface area (Å²) in [6.45, 7) is 10.7. The second-order valence-corrected chi connectivity index (χ2v) is 17.5. The van der Waals surface area contributed by atoms with Gasteiger partial charge in [0.25, 0.3) is 0 Å². The Bertz CT molecular complexity index is 3610. The molecular formula is C51H48BN11O8. The van der Waals surface area contributed by atoms with E-state index < -0.39 is 42.1 Å². The summed E-state index contributed by atoms with van der Waals surface area (Å²) in [4.78, 5) is 77.2. The third kappa shape index (κ3) is 7.90. The number of carbonyl (C=O) groups is 3. The van der Waals surface area contributed by atoms with Gasteiger partial charge in [0.05, 0.1) is 100 Å². The molecule has 3 amide bonds. The lowest BCUT2D eigenvalue weighted by Gasteiger charge is -2.26. The third-order valence-electron chi connectivity index (χ3n) is 13.3. The van der Waals surface area contributed by atoms with Gasteiger partial charge in [-0.1, -0.05) is 22.4 Å². The van der Waals surface area contributed by atoms with Crippen LogP contribution >= 0.6 is 0 Å². The van der Waals surface area contributed by atoms with Gasteiger partial charge in [-0.25, -0.2) is 4.79 Å². The number of carbonyl (C=O) groups excluding carboxylic acids is 3. The first-order valence-electron chi connectivity index (χ1n) is 23.0. The van der Waals surface area contributed by atoms with E-state index in [9.17, 15) is 19.2 Å². The fraction of sp³-hybridized carbons (Fsp3) is 0.255. The van der Waals surface area contributed by atoms with Crippen molar-refractivity contribution in [2.45, 2.75) is 72.5 Å². The van der Waals surface area contributed by atoms with Crippen molar-refractivity contribution in [3.05, 3.63) is 136 Å². The number of hydrogen-bond donors (Lipinski definition) is 2. The molecule has 3 unspecified atom stereocenters. The van der Waals surface area contributed by atoms with Crippen molar-refractivity contribution in [1.82, 2.24) is 49.8 Å². The molecule has 9 aromatic rings. The zero-order valence-corrected chi connectivity index (χ0v) is 40.2. The molecule has 19 nitrogen and oxygen atoms in total. The predicted molar refractivity (Wildman–Crippen MR) is 265 cm³/mol. The van der Waals surface area contributed by atoms with Gasteiger partial charge >= 0.3 is 13.2 Å². The fourth-order valence-electron chi connectivity index (χ4n) is 9.90. The molecule has 2 aromatic carbocycles. The van der Waals surface area contributed by atoms with E-state index in [1.165, 1.54) is 4.57 Å². The van der Waals surface area contributed by atoms with Gasteiger partial charge in [0.15, 0.2) is 0 Å². The average molecular weight is 954 g/mol. The molecule has 20 heteroatoms. The molecule has 0 spiro atoms. The maximum Gasteiger partial charge on any atom is 0.355 e. The van der Waals surface area contributed by atoms with Crippen molar-refractivity contribution >= 4 is 63.8 Å². The van der Waals surface area contributed by atoms with E-state index >= 15 is 0 Å². The van der Waals surface area contributed by atoms with Gasteiger partial charge in [-0.3, -0.25) is 43.5 Å². The predicted octanol–water partition coefficient (Wildman–Crippen LogP) is 6.64. The van der Waals surface area contributed by atoms with Crippen molar-refractivity contribution in [1.29, 1.82) is 0 Å². The molecule has 71 heavy (non-hydrogen) atoms. The minimum Gasteiger partial charge on any atom is -0.496 e. The van der Waals surface area contributed by atoms with Crippen LogP contribution in [-0.2, 0) is 20.9 Å². The van der Waals surface area contributed by atoms with E-state index in [4.69, 9.17) is 28.5 Å². The Morgan fingerprint density at radius 1 is 0.732 bits per heavy atom. The van der Waals surface area contributed by atoms with Crippen LogP contribution < -0.4 is 30.5 Å². The number of ether oxygens (including phenoxy) is 2. The normalized spacial score (nSPS) is 14.2. The van der Waals surface area contributed by atoms with Crippen LogP contribution in [0, 0.1) is 27.7 Å². The van der Waals surface area contributed by atoms with Gasteiger partial charge in [0, 0.05) is 52.5 Å². The summed E-state index contributed by atoms with van der Waals surface area (Å²) >= 11 is 0. The molecule has 8 heterocycles. The van der Waals surface area contributed by atoms with Gasteiger partial charge in [-0.15, -0.1) is 0 Å². The van der Waals surface area contributed by atoms with Crippen molar-refractivity contribution in [2.24, 2.45) is 0 Å². The Hall–Kier alpha value is -8.68. The Morgan fingerprint density at radius 2 is 1.30 bits per heavy atom. The van der Waals surface area contributed by atoms with Crippen LogP contribution in [0.4, 0.5) is 5.69 Å². The van der Waals surface area contributed by atoms with Crippen molar-refractivity contribution in [3.8, 4) is 33.8 Å². The van der Waals surface area contributed by atoms with E-state index in [1.54, 1.807) is 60.6 Å². The molecule has 0 radical (unpaired) electrons. The summed E-state index contributed by atoms with van der Waals surface area (Å²) in [6, 6.07) is 17.3. The quantitative estimate of drug-likeness (QED) is 0.109. The Kier molecular flexibility index (Phi) is 11.9. The van der Waals surface area contributed by atoms with E-state index in [2.05, 4.69) is 30.7 Å². The molecule has 2 N–H and O–H groups in total. The average Bonchev–Trinajstić information content (AvgIpc) is 4.08. The maximum absolute atomic E-state index is 14.6. The summed E-state index contributed by atoms with van der Waals surface area (Å²) < 4.78 is 25.7. The molecule has 3 atom stereocenters. The van der Waals surface area contributed by atoms with Gasteiger partial charge in [-0.05, 0) is 90.1 Å². The van der Waals surface area contributed by atoms with Crippen molar-refractivity contribution in [2.75, 3.05) is 19.1 Å². The zero-order valence-electron chi connectivity index (χ0n) is 40.2. The van der Waals surface area contributed by atoms with E-state index in [0.717, 1.165) is 22.3 Å². The van der Waals surface area contributed by atoms with E-state index in [0.29, 0.717) is 89.9 Å². The largest absolute Gasteiger partial charge is 0.496 e. The number of benzene rings is 2. The first kappa shape index (κ1) is 46.1. The van der Waals surface area contributed by atoms with Crippen LogP contribution in [0.2, 0.25) is 0 Å². The maximum atomic E-state index is 14.6. The minimum atomic E-state index is -0.913. The molecule has 0 saturated carbocycles. The van der Waals surface area contributed by atoms with Crippen LogP contribution in [0.5, 0.6) is 11.5 Å². The fourth-order valence-corrected chi connectivity index (χ4v) is 9.90. The second-order valence-electron chi connectivity index (χ2n) is 17.5. The molecule has 358 valence electrons. The van der Waals surface area contributed by atoms with Crippen LogP contribution in [0.15, 0.2) is 99.3 Å². The molecule has 0 saturated heterocycles. The number of nitrogens with one attached hydrogen (secondary N) is 2. The number of fused-ring (bicyclic) bond motifs is 6. The molecule has 0 aliphatic carbocycles. The second kappa shape index (κ2) is 18.3. The van der Waals surface area contributed by atoms with Crippen molar-refractivity contribution < 1.29 is 32.9 Å². The molecule has 1 aliphatic heterocycles.